The van der Waals surface area contributed by atoms with Crippen LogP contribution in [0.15, 0.2) is 5.16 Å². The van der Waals surface area contributed by atoms with Gasteiger partial charge in [0, 0.05) is 20.3 Å². The highest BCUT2D eigenvalue weighted by atomic mass is 16.5. The van der Waals surface area contributed by atoms with Crippen LogP contribution in [-0.4, -0.2) is 37.2 Å². The Kier molecular flexibility index (Phi) is 10.7. The van der Waals surface area contributed by atoms with Crippen molar-refractivity contribution in [2.24, 2.45) is 16.3 Å². The molecule has 6 heteroatoms. The van der Waals surface area contributed by atoms with Gasteiger partial charge in [-0.1, -0.05) is 31.8 Å². The summed E-state index contributed by atoms with van der Waals surface area (Å²) in [6, 6.07) is 0. The minimum absolute atomic E-state index is 0.0167. The molecule has 0 spiro atoms. The molecule has 21 heavy (non-hydrogen) atoms. The molecule has 0 fully saturated rings. The molecule has 0 saturated carbocycles. The maximum atomic E-state index is 12.5. The molecule has 6 nitrogen and oxygen atoms in total. The fourth-order valence-corrected chi connectivity index (χ4v) is 2.59. The third-order valence-electron chi connectivity index (χ3n) is 3.70. The summed E-state index contributed by atoms with van der Waals surface area (Å²) in [6.45, 7) is 5.34. The molecule has 0 aliphatic carbocycles. The predicted molar refractivity (Wildman–Crippen MR) is 84.4 cm³/mol. The topological polar surface area (TPSA) is 96.9 Å². The van der Waals surface area contributed by atoms with Crippen molar-refractivity contribution in [1.82, 2.24) is 5.32 Å². The number of hydrogen-bond acceptors (Lipinski definition) is 4. The number of ether oxygens (including phenoxy) is 1. The highest BCUT2D eigenvalue weighted by molar-refractivity contribution is 6.06. The average Bonchev–Trinajstić information content (AvgIpc) is 2.49. The molecule has 1 amide bonds. The Hall–Kier alpha value is -1.30. The molecule has 0 aromatic rings. The summed E-state index contributed by atoms with van der Waals surface area (Å²) in [5.41, 5.74) is 4.93. The number of oxime groups is 1. The van der Waals surface area contributed by atoms with Crippen LogP contribution < -0.4 is 11.1 Å². The molecule has 0 atom stereocenters. The van der Waals surface area contributed by atoms with Crippen molar-refractivity contribution in [2.75, 3.05) is 20.3 Å². The Morgan fingerprint density at radius 1 is 1.24 bits per heavy atom. The number of methoxy groups -OCH3 is 1. The number of amides is 1. The molecule has 0 bridgehead atoms. The van der Waals surface area contributed by atoms with Crippen LogP contribution in [0.5, 0.6) is 0 Å². The van der Waals surface area contributed by atoms with E-state index in [0.29, 0.717) is 19.4 Å². The van der Waals surface area contributed by atoms with E-state index < -0.39 is 5.41 Å². The van der Waals surface area contributed by atoms with Crippen LogP contribution in [0.25, 0.3) is 0 Å². The van der Waals surface area contributed by atoms with E-state index in [9.17, 15) is 4.79 Å². The summed E-state index contributed by atoms with van der Waals surface area (Å²) in [5.74, 6) is -0.115. The maximum absolute atomic E-state index is 12.5. The molecular formula is C15H31N3O3. The fraction of sp³-hybridized carbons (Fsp3) is 0.867. The van der Waals surface area contributed by atoms with E-state index in [0.717, 1.165) is 38.7 Å². The maximum Gasteiger partial charge on any atom is 0.233 e. The standard InChI is InChI=1S/C15H31N3O3/c1-4-9-15(10-5-2,13(16)18-20)14(19)17-11-7-6-8-12-21-3/h20H,4-12H2,1-3H3,(H2,16,18)(H,17,19). The number of carbonyl (C=O) groups excluding carboxylic acids is 1. The zero-order valence-corrected chi connectivity index (χ0v) is 13.7. The summed E-state index contributed by atoms with van der Waals surface area (Å²) < 4.78 is 4.99. The van der Waals surface area contributed by atoms with E-state index in [2.05, 4.69) is 10.5 Å². The third kappa shape index (κ3) is 6.33. The van der Waals surface area contributed by atoms with Crippen molar-refractivity contribution in [3.05, 3.63) is 0 Å². The molecule has 124 valence electrons. The number of nitrogens with two attached hydrogens (primary N) is 1. The van der Waals surface area contributed by atoms with Crippen LogP contribution >= 0.6 is 0 Å². The first-order valence-corrected chi connectivity index (χ1v) is 7.84. The van der Waals surface area contributed by atoms with Gasteiger partial charge in [-0.2, -0.15) is 0 Å². The molecule has 0 unspecified atom stereocenters. The number of unbranched alkanes of at least 4 members (excludes halogenated alkanes) is 2. The molecule has 0 heterocycles. The Labute approximate surface area is 128 Å². The Balaban J connectivity index is 4.57. The van der Waals surface area contributed by atoms with Gasteiger partial charge in [0.2, 0.25) is 5.91 Å². The molecule has 0 aliphatic rings. The highest BCUT2D eigenvalue weighted by Gasteiger charge is 2.41. The number of rotatable bonds is 12. The molecule has 0 saturated heterocycles. The summed E-state index contributed by atoms with van der Waals surface area (Å²) in [7, 11) is 1.68. The second-order valence-electron chi connectivity index (χ2n) is 5.38. The SMILES string of the molecule is CCCC(CCC)(C(=O)NCCCCCOC)C(N)=NO. The van der Waals surface area contributed by atoms with Crippen molar-refractivity contribution < 1.29 is 14.7 Å². The van der Waals surface area contributed by atoms with Gasteiger partial charge in [-0.05, 0) is 32.1 Å². The second-order valence-corrected chi connectivity index (χ2v) is 5.38. The van der Waals surface area contributed by atoms with Crippen molar-refractivity contribution in [2.45, 2.75) is 58.8 Å². The van der Waals surface area contributed by atoms with Gasteiger partial charge in [-0.3, -0.25) is 4.79 Å². The second kappa shape index (κ2) is 11.4. The van der Waals surface area contributed by atoms with E-state index in [-0.39, 0.29) is 11.7 Å². The first-order chi connectivity index (χ1) is 10.1. The van der Waals surface area contributed by atoms with E-state index >= 15 is 0 Å². The van der Waals surface area contributed by atoms with Gasteiger partial charge in [0.05, 0.1) is 0 Å². The Morgan fingerprint density at radius 2 is 1.86 bits per heavy atom. The largest absolute Gasteiger partial charge is 0.409 e. The molecular weight excluding hydrogens is 270 g/mol. The third-order valence-corrected chi connectivity index (χ3v) is 3.70. The number of carbonyl (C=O) groups is 1. The lowest BCUT2D eigenvalue weighted by Gasteiger charge is -2.30. The average molecular weight is 301 g/mol. The molecule has 0 rings (SSSR count). The van der Waals surface area contributed by atoms with Crippen molar-refractivity contribution in [3.63, 3.8) is 0 Å². The van der Waals surface area contributed by atoms with Crippen LogP contribution in [0, 0.1) is 5.41 Å². The summed E-state index contributed by atoms with van der Waals surface area (Å²) in [4.78, 5) is 12.5. The quantitative estimate of drug-likeness (QED) is 0.169. The number of nitrogens with one attached hydrogen (secondary N) is 1. The highest BCUT2D eigenvalue weighted by Crippen LogP contribution is 2.30. The number of nitrogens with zero attached hydrogens (tertiary/aromatic N) is 1. The van der Waals surface area contributed by atoms with E-state index in [1.54, 1.807) is 7.11 Å². The van der Waals surface area contributed by atoms with Crippen molar-refractivity contribution in [3.8, 4) is 0 Å². The minimum atomic E-state index is -0.884. The molecule has 4 N–H and O–H groups in total. The summed E-state index contributed by atoms with van der Waals surface area (Å²) >= 11 is 0. The van der Waals surface area contributed by atoms with Gasteiger partial charge in [-0.25, -0.2) is 0 Å². The van der Waals surface area contributed by atoms with Crippen molar-refractivity contribution >= 4 is 11.7 Å². The normalized spacial score (nSPS) is 12.4. The van der Waals surface area contributed by atoms with E-state index in [1.165, 1.54) is 0 Å². The number of hydrogen-bond donors (Lipinski definition) is 3. The van der Waals surface area contributed by atoms with Crippen LogP contribution in [0.4, 0.5) is 0 Å². The molecule has 0 aromatic heterocycles. The Bertz CT molecular complexity index is 313. The van der Waals surface area contributed by atoms with Gasteiger partial charge in [-0.15, -0.1) is 0 Å². The van der Waals surface area contributed by atoms with Gasteiger partial charge >= 0.3 is 0 Å². The zero-order valence-electron chi connectivity index (χ0n) is 13.7. The smallest absolute Gasteiger partial charge is 0.233 e. The first kappa shape index (κ1) is 19.7. The monoisotopic (exact) mass is 301 g/mol. The minimum Gasteiger partial charge on any atom is -0.409 e. The summed E-state index contributed by atoms with van der Waals surface area (Å²) in [6.07, 6.45) is 5.68. The summed E-state index contributed by atoms with van der Waals surface area (Å²) in [5, 5.41) is 15.0. The lowest BCUT2D eigenvalue weighted by atomic mass is 9.77. The lowest BCUT2D eigenvalue weighted by Crippen LogP contribution is -2.50. The van der Waals surface area contributed by atoms with Gasteiger partial charge in [0.25, 0.3) is 0 Å². The zero-order chi connectivity index (χ0) is 16.1. The van der Waals surface area contributed by atoms with Crippen LogP contribution in [-0.2, 0) is 9.53 Å². The molecule has 0 aliphatic heterocycles. The van der Waals surface area contributed by atoms with E-state index in [4.69, 9.17) is 15.7 Å². The number of amidine groups is 1. The fourth-order valence-electron chi connectivity index (χ4n) is 2.59. The van der Waals surface area contributed by atoms with Crippen molar-refractivity contribution in [1.29, 1.82) is 0 Å². The van der Waals surface area contributed by atoms with Gasteiger partial charge < -0.3 is 21.0 Å². The molecule has 0 radical (unpaired) electrons. The Morgan fingerprint density at radius 3 is 2.33 bits per heavy atom. The van der Waals surface area contributed by atoms with Gasteiger partial charge in [0.1, 0.15) is 5.41 Å². The van der Waals surface area contributed by atoms with Crippen LogP contribution in [0.1, 0.15) is 58.8 Å². The van der Waals surface area contributed by atoms with Gasteiger partial charge in [0.15, 0.2) is 5.84 Å². The lowest BCUT2D eigenvalue weighted by molar-refractivity contribution is -0.128. The predicted octanol–water partition coefficient (Wildman–Crippen LogP) is 2.25. The van der Waals surface area contributed by atoms with Crippen LogP contribution in [0.2, 0.25) is 0 Å². The first-order valence-electron chi connectivity index (χ1n) is 7.84. The molecule has 0 aromatic carbocycles. The van der Waals surface area contributed by atoms with E-state index in [1.807, 2.05) is 13.8 Å². The van der Waals surface area contributed by atoms with Crippen LogP contribution in [0.3, 0.4) is 0 Å².